The first-order valence-electron chi connectivity index (χ1n) is 15.1. The fourth-order valence-electron chi connectivity index (χ4n) is 5.38. The number of rotatable bonds is 20. The first-order chi connectivity index (χ1) is 19.0. The Morgan fingerprint density at radius 2 is 1.18 bits per heavy atom. The van der Waals surface area contributed by atoms with Gasteiger partial charge in [-0.25, -0.2) is 9.59 Å². The van der Waals surface area contributed by atoms with Crippen LogP contribution in [0.2, 0.25) is 0 Å². The predicted octanol–water partition coefficient (Wildman–Crippen LogP) is 10.6. The molecule has 0 aliphatic rings. The van der Waals surface area contributed by atoms with Crippen LogP contribution >= 0.6 is 0 Å². The number of unbranched alkanes of at least 4 members (excludes halogenated alkanes) is 16. The zero-order chi connectivity index (χ0) is 27.9. The van der Waals surface area contributed by atoms with Gasteiger partial charge in [-0.15, -0.1) is 0 Å². The molecule has 39 heavy (non-hydrogen) atoms. The summed E-state index contributed by atoms with van der Waals surface area (Å²) in [6.45, 7) is 2.27. The molecule has 0 aliphatic heterocycles. The summed E-state index contributed by atoms with van der Waals surface area (Å²) < 4.78 is 5.75. The van der Waals surface area contributed by atoms with Crippen molar-refractivity contribution < 1.29 is 24.2 Å². The maximum Gasteiger partial charge on any atom is 0.339 e. The Morgan fingerprint density at radius 1 is 0.667 bits per heavy atom. The lowest BCUT2D eigenvalue weighted by Gasteiger charge is -2.03. The Morgan fingerprint density at radius 3 is 1.72 bits per heavy atom. The molecule has 0 atom stereocenters. The molecule has 2 aromatic carbocycles. The average molecular weight is 535 g/mol. The number of para-hydroxylation sites is 1. The van der Waals surface area contributed by atoms with Crippen molar-refractivity contribution in [2.75, 3.05) is 0 Å². The third kappa shape index (κ3) is 9.56. The van der Waals surface area contributed by atoms with Gasteiger partial charge in [-0.3, -0.25) is 0 Å². The van der Waals surface area contributed by atoms with Gasteiger partial charge < -0.3 is 14.6 Å². The SMILES string of the molecule is CCCCCCCCCCCCCCCCCCC=Cc1cc(C(=O)O)c2oc3c(C(=O)O)cccc3c2c1. The zero-order valence-electron chi connectivity index (χ0n) is 23.7. The topological polar surface area (TPSA) is 87.7 Å². The van der Waals surface area contributed by atoms with E-state index in [0.717, 1.165) is 18.4 Å². The molecule has 0 amide bonds. The minimum Gasteiger partial charge on any atom is -0.478 e. The van der Waals surface area contributed by atoms with E-state index in [1.54, 1.807) is 18.2 Å². The molecule has 0 saturated heterocycles. The predicted molar refractivity (Wildman–Crippen MR) is 161 cm³/mol. The van der Waals surface area contributed by atoms with Crippen LogP contribution in [0.4, 0.5) is 0 Å². The minimum atomic E-state index is -1.10. The van der Waals surface area contributed by atoms with Crippen molar-refractivity contribution in [3.63, 3.8) is 0 Å². The molecule has 3 rings (SSSR count). The van der Waals surface area contributed by atoms with Gasteiger partial charge in [-0.2, -0.15) is 0 Å². The summed E-state index contributed by atoms with van der Waals surface area (Å²) in [7, 11) is 0. The summed E-state index contributed by atoms with van der Waals surface area (Å²) in [6, 6.07) is 8.36. The molecular weight excluding hydrogens is 488 g/mol. The summed E-state index contributed by atoms with van der Waals surface area (Å²) in [5.41, 5.74) is 1.26. The van der Waals surface area contributed by atoms with E-state index in [1.165, 1.54) is 102 Å². The van der Waals surface area contributed by atoms with Gasteiger partial charge in [0.2, 0.25) is 0 Å². The zero-order valence-corrected chi connectivity index (χ0v) is 23.7. The third-order valence-electron chi connectivity index (χ3n) is 7.62. The lowest BCUT2D eigenvalue weighted by Crippen LogP contribution is -1.97. The van der Waals surface area contributed by atoms with E-state index in [0.29, 0.717) is 10.8 Å². The lowest BCUT2D eigenvalue weighted by molar-refractivity contribution is 0.0688. The van der Waals surface area contributed by atoms with Crippen molar-refractivity contribution in [1.29, 1.82) is 0 Å². The third-order valence-corrected chi connectivity index (χ3v) is 7.62. The van der Waals surface area contributed by atoms with Gasteiger partial charge in [0, 0.05) is 10.8 Å². The van der Waals surface area contributed by atoms with Gasteiger partial charge in [0.15, 0.2) is 0 Å². The van der Waals surface area contributed by atoms with Gasteiger partial charge in [0.25, 0.3) is 0 Å². The van der Waals surface area contributed by atoms with Crippen molar-refractivity contribution in [3.05, 3.63) is 53.1 Å². The van der Waals surface area contributed by atoms with Crippen LogP contribution in [0.25, 0.3) is 28.0 Å². The summed E-state index contributed by atoms with van der Waals surface area (Å²) in [5.74, 6) is -2.19. The Bertz CT molecular complexity index is 1220. The quantitative estimate of drug-likeness (QED) is 0.141. The van der Waals surface area contributed by atoms with Crippen LogP contribution in [-0.4, -0.2) is 22.2 Å². The van der Waals surface area contributed by atoms with Crippen LogP contribution < -0.4 is 0 Å². The van der Waals surface area contributed by atoms with Crippen molar-refractivity contribution >= 4 is 40.0 Å². The molecule has 0 spiro atoms. The number of hydrogen-bond donors (Lipinski definition) is 2. The highest BCUT2D eigenvalue weighted by Gasteiger charge is 2.20. The monoisotopic (exact) mass is 534 g/mol. The number of carboxylic acids is 2. The number of allylic oxidation sites excluding steroid dienone is 1. The molecule has 3 aromatic rings. The molecule has 1 heterocycles. The van der Waals surface area contributed by atoms with Crippen LogP contribution in [0.5, 0.6) is 0 Å². The molecule has 0 fully saturated rings. The van der Waals surface area contributed by atoms with Gasteiger partial charge >= 0.3 is 11.9 Å². The second-order valence-corrected chi connectivity index (χ2v) is 10.8. The van der Waals surface area contributed by atoms with E-state index in [9.17, 15) is 19.8 Å². The van der Waals surface area contributed by atoms with E-state index in [2.05, 4.69) is 13.0 Å². The van der Waals surface area contributed by atoms with Gasteiger partial charge in [0.05, 0.1) is 0 Å². The second-order valence-electron chi connectivity index (χ2n) is 10.8. The molecule has 0 unspecified atom stereocenters. The van der Waals surface area contributed by atoms with E-state index in [1.807, 2.05) is 12.1 Å². The highest BCUT2D eigenvalue weighted by atomic mass is 16.4. The first-order valence-corrected chi connectivity index (χ1v) is 15.1. The molecule has 0 radical (unpaired) electrons. The number of benzene rings is 2. The fourth-order valence-corrected chi connectivity index (χ4v) is 5.38. The second kappa shape index (κ2) is 16.8. The highest BCUT2D eigenvalue weighted by Crippen LogP contribution is 2.34. The number of fused-ring (bicyclic) bond motifs is 3. The molecular formula is C34H46O5. The van der Waals surface area contributed by atoms with E-state index >= 15 is 0 Å². The summed E-state index contributed by atoms with van der Waals surface area (Å²) in [5, 5.41) is 20.4. The van der Waals surface area contributed by atoms with Gasteiger partial charge in [0.1, 0.15) is 22.3 Å². The number of carboxylic acid groups (broad SMARTS) is 2. The number of hydrogen-bond acceptors (Lipinski definition) is 3. The average Bonchev–Trinajstić information content (AvgIpc) is 3.30. The van der Waals surface area contributed by atoms with Crippen LogP contribution in [-0.2, 0) is 0 Å². The number of carbonyl (C=O) groups is 2. The molecule has 2 N–H and O–H groups in total. The molecule has 1 aromatic heterocycles. The summed E-state index contributed by atoms with van der Waals surface area (Å²) >= 11 is 0. The molecule has 212 valence electrons. The molecule has 0 bridgehead atoms. The Labute approximate surface area is 233 Å². The maximum atomic E-state index is 11.9. The smallest absolute Gasteiger partial charge is 0.339 e. The minimum absolute atomic E-state index is 0.0284. The van der Waals surface area contributed by atoms with E-state index < -0.39 is 11.9 Å². The lowest BCUT2D eigenvalue weighted by atomic mass is 10.0. The Hall–Kier alpha value is -3.08. The first kappa shape index (κ1) is 30.5. The maximum absolute atomic E-state index is 11.9. The van der Waals surface area contributed by atoms with E-state index in [-0.39, 0.29) is 22.3 Å². The Balaban J connectivity index is 1.35. The van der Waals surface area contributed by atoms with Crippen molar-refractivity contribution in [2.24, 2.45) is 0 Å². The number of furan rings is 1. The van der Waals surface area contributed by atoms with Crippen molar-refractivity contribution in [2.45, 2.75) is 116 Å². The molecule has 5 nitrogen and oxygen atoms in total. The van der Waals surface area contributed by atoms with Crippen molar-refractivity contribution in [1.82, 2.24) is 0 Å². The van der Waals surface area contributed by atoms with Crippen LogP contribution in [0.3, 0.4) is 0 Å². The highest BCUT2D eigenvalue weighted by molar-refractivity contribution is 6.16. The Kier molecular flexibility index (Phi) is 13.1. The summed E-state index contributed by atoms with van der Waals surface area (Å²) in [6.07, 6.45) is 26.6. The van der Waals surface area contributed by atoms with E-state index in [4.69, 9.17) is 4.42 Å². The van der Waals surface area contributed by atoms with Gasteiger partial charge in [-0.05, 0) is 36.6 Å². The molecule has 0 saturated carbocycles. The number of aromatic carboxylic acids is 2. The van der Waals surface area contributed by atoms with Crippen LogP contribution in [0, 0.1) is 0 Å². The fraction of sp³-hybridized carbons (Fsp3) is 0.529. The van der Waals surface area contributed by atoms with Crippen molar-refractivity contribution in [3.8, 4) is 0 Å². The van der Waals surface area contributed by atoms with Gasteiger partial charge in [-0.1, -0.05) is 128 Å². The largest absolute Gasteiger partial charge is 0.478 e. The summed E-state index contributed by atoms with van der Waals surface area (Å²) in [4.78, 5) is 23.5. The van der Waals surface area contributed by atoms with Crippen LogP contribution in [0.1, 0.15) is 142 Å². The van der Waals surface area contributed by atoms with Crippen LogP contribution in [0.15, 0.2) is 40.8 Å². The molecule has 0 aliphatic carbocycles. The normalized spacial score (nSPS) is 11.7. The standard InChI is InChI=1S/C34H46O5/c1-2-3-4-5-6-7-8-9-10-11-12-13-14-15-16-17-18-19-21-26-24-29-27-22-20-23-28(33(35)36)31(27)39-32(29)30(25-26)34(37)38/h19-25H,2-18H2,1H3,(H,35,36)(H,37,38). The molecule has 5 heteroatoms.